The lowest BCUT2D eigenvalue weighted by atomic mass is 10.0. The topological polar surface area (TPSA) is 134 Å². The van der Waals surface area contributed by atoms with Crippen LogP contribution in [0.2, 0.25) is 0 Å². The number of rotatable bonds is 46. The van der Waals surface area contributed by atoms with E-state index in [1.165, 1.54) is 128 Å². The Morgan fingerprint density at radius 3 is 1.37 bits per heavy atom. The van der Waals surface area contributed by atoms with Crippen LogP contribution in [-0.2, 0) is 32.7 Å². The van der Waals surface area contributed by atoms with Gasteiger partial charge in [0.15, 0.2) is 6.10 Å². The zero-order valence-electron chi connectivity index (χ0n) is 38.7. The van der Waals surface area contributed by atoms with Gasteiger partial charge in [0, 0.05) is 19.4 Å². The van der Waals surface area contributed by atoms with Gasteiger partial charge in [-0.15, -0.1) is 0 Å². The summed E-state index contributed by atoms with van der Waals surface area (Å²) >= 11 is 0. The third-order valence-corrected chi connectivity index (χ3v) is 11.5. The smallest absolute Gasteiger partial charge is 0.462 e. The van der Waals surface area contributed by atoms with Crippen LogP contribution in [0.25, 0.3) is 0 Å². The second-order valence-electron chi connectivity index (χ2n) is 16.3. The maximum Gasteiger partial charge on any atom is 0.472 e. The molecule has 0 aliphatic carbocycles. The van der Waals surface area contributed by atoms with Gasteiger partial charge in [-0.25, -0.2) is 4.57 Å². The summed E-state index contributed by atoms with van der Waals surface area (Å²) in [5.74, 6) is -0.831. The van der Waals surface area contributed by atoms with Crippen molar-refractivity contribution in [2.45, 2.75) is 232 Å². The van der Waals surface area contributed by atoms with Gasteiger partial charge in [0.2, 0.25) is 0 Å². The molecule has 0 saturated heterocycles. The average molecular weight is 866 g/mol. The molecule has 0 radical (unpaired) electrons. The van der Waals surface area contributed by atoms with Crippen LogP contribution in [-0.4, -0.2) is 49.3 Å². The first-order valence-corrected chi connectivity index (χ1v) is 26.1. The Bertz CT molecular complexity index is 1120. The van der Waals surface area contributed by atoms with Gasteiger partial charge in [0.1, 0.15) is 6.61 Å². The third kappa shape index (κ3) is 45.5. The summed E-state index contributed by atoms with van der Waals surface area (Å²) in [5, 5.41) is 0. The standard InChI is InChI=1S/C50H92NO8P/c1-3-5-7-9-11-12-13-14-15-16-17-18-19-20-21-22-23-24-25-26-27-28-29-30-31-32-33-34-35-36-37-39-41-43-50(53)59-48(47-58-60(54,55)57-45-44-51)46-56-49(52)42-40-38-10-8-6-4-2/h5,7,11-12,14-15,17-18,48H,3-4,6,8-10,13,16,19-47,51H2,1-2H3,(H,54,55)/b7-5-,12-11-,15-14-,18-17-. The van der Waals surface area contributed by atoms with E-state index < -0.39 is 26.5 Å². The van der Waals surface area contributed by atoms with Crippen molar-refractivity contribution >= 4 is 19.8 Å². The highest BCUT2D eigenvalue weighted by Crippen LogP contribution is 2.43. The lowest BCUT2D eigenvalue weighted by Gasteiger charge is -2.19. The van der Waals surface area contributed by atoms with E-state index >= 15 is 0 Å². The Balaban J connectivity index is 3.75. The number of phosphoric acid groups is 1. The minimum Gasteiger partial charge on any atom is -0.462 e. The Morgan fingerprint density at radius 2 is 0.917 bits per heavy atom. The van der Waals surface area contributed by atoms with Gasteiger partial charge in [0.25, 0.3) is 0 Å². The summed E-state index contributed by atoms with van der Waals surface area (Å²) in [5.41, 5.74) is 5.34. The molecule has 0 rings (SSSR count). The molecule has 0 aliphatic heterocycles. The largest absolute Gasteiger partial charge is 0.472 e. The molecule has 10 heteroatoms. The van der Waals surface area contributed by atoms with Crippen LogP contribution < -0.4 is 5.73 Å². The molecule has 0 aromatic rings. The van der Waals surface area contributed by atoms with Gasteiger partial charge in [-0.3, -0.25) is 18.6 Å². The lowest BCUT2D eigenvalue weighted by molar-refractivity contribution is -0.161. The van der Waals surface area contributed by atoms with Crippen molar-refractivity contribution in [2.75, 3.05) is 26.4 Å². The molecule has 0 spiro atoms. The summed E-state index contributed by atoms with van der Waals surface area (Å²) in [4.78, 5) is 34.6. The van der Waals surface area contributed by atoms with Crippen LogP contribution in [0, 0.1) is 0 Å². The zero-order chi connectivity index (χ0) is 43.9. The summed E-state index contributed by atoms with van der Waals surface area (Å²) in [6.45, 7) is 3.56. The molecular weight excluding hydrogens is 774 g/mol. The first-order chi connectivity index (χ1) is 29.3. The molecule has 2 atom stereocenters. The highest BCUT2D eigenvalue weighted by Gasteiger charge is 2.26. The van der Waals surface area contributed by atoms with E-state index in [1.807, 2.05) is 0 Å². The summed E-state index contributed by atoms with van der Waals surface area (Å²) < 4.78 is 32.6. The van der Waals surface area contributed by atoms with Gasteiger partial charge in [-0.2, -0.15) is 0 Å². The van der Waals surface area contributed by atoms with E-state index in [0.29, 0.717) is 6.42 Å². The molecule has 0 bridgehead atoms. The minimum atomic E-state index is -4.37. The minimum absolute atomic E-state index is 0.0547. The molecule has 0 fully saturated rings. The highest BCUT2D eigenvalue weighted by molar-refractivity contribution is 7.47. The van der Waals surface area contributed by atoms with Gasteiger partial charge in [-0.1, -0.05) is 210 Å². The predicted molar refractivity (Wildman–Crippen MR) is 252 cm³/mol. The predicted octanol–water partition coefficient (Wildman–Crippen LogP) is 14.7. The van der Waals surface area contributed by atoms with E-state index in [9.17, 15) is 19.0 Å². The van der Waals surface area contributed by atoms with E-state index in [4.69, 9.17) is 24.3 Å². The van der Waals surface area contributed by atoms with Crippen LogP contribution in [0.1, 0.15) is 226 Å². The molecule has 0 heterocycles. The number of hydrogen-bond donors (Lipinski definition) is 2. The Kier molecular flexibility index (Phi) is 44.9. The summed E-state index contributed by atoms with van der Waals surface area (Å²) in [7, 11) is -4.37. The van der Waals surface area contributed by atoms with Crippen molar-refractivity contribution in [3.05, 3.63) is 48.6 Å². The van der Waals surface area contributed by atoms with E-state index in [1.54, 1.807) is 0 Å². The average Bonchev–Trinajstić information content (AvgIpc) is 3.24. The molecule has 2 unspecified atom stereocenters. The highest BCUT2D eigenvalue weighted by atomic mass is 31.2. The van der Waals surface area contributed by atoms with Crippen molar-refractivity contribution in [1.82, 2.24) is 0 Å². The maximum absolute atomic E-state index is 12.6. The zero-order valence-corrected chi connectivity index (χ0v) is 39.6. The normalized spacial score (nSPS) is 13.6. The van der Waals surface area contributed by atoms with Crippen molar-refractivity contribution in [3.8, 4) is 0 Å². The van der Waals surface area contributed by atoms with E-state index in [0.717, 1.165) is 64.2 Å². The van der Waals surface area contributed by atoms with Crippen molar-refractivity contribution in [3.63, 3.8) is 0 Å². The number of carbonyl (C=O) groups is 2. The first kappa shape index (κ1) is 58.0. The summed E-state index contributed by atoms with van der Waals surface area (Å²) in [6.07, 6.45) is 55.0. The van der Waals surface area contributed by atoms with Gasteiger partial charge < -0.3 is 20.1 Å². The monoisotopic (exact) mass is 866 g/mol. The Morgan fingerprint density at radius 1 is 0.517 bits per heavy atom. The van der Waals surface area contributed by atoms with Crippen molar-refractivity contribution < 1.29 is 37.6 Å². The molecule has 0 aromatic heterocycles. The van der Waals surface area contributed by atoms with Crippen molar-refractivity contribution in [1.29, 1.82) is 0 Å². The van der Waals surface area contributed by atoms with Crippen LogP contribution in [0.4, 0.5) is 0 Å². The lowest BCUT2D eigenvalue weighted by Crippen LogP contribution is -2.29. The van der Waals surface area contributed by atoms with E-state index in [-0.39, 0.29) is 38.6 Å². The molecular formula is C50H92NO8P. The fourth-order valence-electron chi connectivity index (χ4n) is 6.86. The maximum atomic E-state index is 12.6. The molecule has 60 heavy (non-hydrogen) atoms. The molecule has 0 aliphatic rings. The molecule has 0 saturated carbocycles. The molecule has 0 aromatic carbocycles. The van der Waals surface area contributed by atoms with Crippen LogP contribution in [0.3, 0.4) is 0 Å². The number of ether oxygens (including phenoxy) is 2. The number of unbranched alkanes of at least 4 members (excludes halogenated alkanes) is 25. The molecule has 3 N–H and O–H groups in total. The molecule has 0 amide bonds. The number of hydrogen-bond acceptors (Lipinski definition) is 8. The fraction of sp³-hybridized carbons (Fsp3) is 0.800. The number of allylic oxidation sites excluding steroid dienone is 8. The molecule has 350 valence electrons. The molecule has 9 nitrogen and oxygen atoms in total. The SMILES string of the molecule is CC/C=C\C/C=C\C/C=C\C/C=C\CCCCCCCCCCCCCCCCCCCCCCC(=O)OC(COC(=O)CCCCCCCC)COP(=O)(O)OCCN. The number of phosphoric ester groups is 1. The third-order valence-electron chi connectivity index (χ3n) is 10.5. The Hall–Kier alpha value is -2.03. The van der Waals surface area contributed by atoms with Crippen LogP contribution in [0.5, 0.6) is 0 Å². The first-order valence-electron chi connectivity index (χ1n) is 24.6. The second kappa shape index (κ2) is 46.5. The summed E-state index contributed by atoms with van der Waals surface area (Å²) in [6, 6.07) is 0. The van der Waals surface area contributed by atoms with E-state index in [2.05, 4.69) is 62.5 Å². The van der Waals surface area contributed by atoms with Crippen LogP contribution >= 0.6 is 7.82 Å². The van der Waals surface area contributed by atoms with Crippen molar-refractivity contribution in [2.24, 2.45) is 5.73 Å². The number of carbonyl (C=O) groups excluding carboxylic acids is 2. The fourth-order valence-corrected chi connectivity index (χ4v) is 7.63. The second-order valence-corrected chi connectivity index (χ2v) is 17.8. The number of esters is 2. The quantitative estimate of drug-likeness (QED) is 0.0265. The van der Waals surface area contributed by atoms with Gasteiger partial charge >= 0.3 is 19.8 Å². The van der Waals surface area contributed by atoms with Gasteiger partial charge in [0.05, 0.1) is 13.2 Å². The van der Waals surface area contributed by atoms with Crippen LogP contribution in [0.15, 0.2) is 48.6 Å². The number of nitrogens with two attached hydrogens (primary N) is 1. The van der Waals surface area contributed by atoms with Gasteiger partial charge in [-0.05, 0) is 51.4 Å². The Labute approximate surface area is 368 Å².